The lowest BCUT2D eigenvalue weighted by molar-refractivity contribution is -0.121. The number of pyridine rings is 1. The van der Waals surface area contributed by atoms with E-state index in [-0.39, 0.29) is 11.9 Å². The van der Waals surface area contributed by atoms with Crippen LogP contribution in [-0.4, -0.2) is 42.1 Å². The Morgan fingerprint density at radius 2 is 2.27 bits per heavy atom. The third-order valence-electron chi connectivity index (χ3n) is 3.36. The van der Waals surface area contributed by atoms with Crippen LogP contribution < -0.4 is 5.32 Å². The Bertz CT molecular complexity index is 560. The zero-order valence-corrected chi connectivity index (χ0v) is 13.7. The minimum atomic E-state index is -0.265. The summed E-state index contributed by atoms with van der Waals surface area (Å²) < 4.78 is 5.16. The van der Waals surface area contributed by atoms with Gasteiger partial charge in [-0.25, -0.2) is 4.98 Å². The number of anilines is 1. The lowest BCUT2D eigenvalue weighted by Gasteiger charge is -2.27. The Hall–Kier alpha value is -1.76. The highest BCUT2D eigenvalue weighted by Crippen LogP contribution is 2.14. The molecule has 0 radical (unpaired) electrons. The van der Waals surface area contributed by atoms with E-state index in [0.717, 1.165) is 6.54 Å². The van der Waals surface area contributed by atoms with Crippen molar-refractivity contribution in [1.82, 2.24) is 9.88 Å². The number of ether oxygens (including phenoxy) is 1. The summed E-state index contributed by atoms with van der Waals surface area (Å²) in [5.74, 6) is 0.508. The summed E-state index contributed by atoms with van der Waals surface area (Å²) in [5, 5.41) is 4.89. The van der Waals surface area contributed by atoms with Gasteiger partial charge in [0.2, 0.25) is 5.91 Å². The number of thiophene rings is 1. The minimum Gasteiger partial charge on any atom is -0.383 e. The summed E-state index contributed by atoms with van der Waals surface area (Å²) in [4.78, 5) is 19.9. The largest absolute Gasteiger partial charge is 0.383 e. The first-order chi connectivity index (χ1) is 10.7. The molecule has 2 heterocycles. The van der Waals surface area contributed by atoms with E-state index in [4.69, 9.17) is 4.74 Å². The number of aromatic nitrogens is 1. The molecule has 0 aliphatic carbocycles. The summed E-state index contributed by atoms with van der Waals surface area (Å²) in [7, 11) is 1.67. The van der Waals surface area contributed by atoms with Crippen LogP contribution in [0, 0.1) is 0 Å². The van der Waals surface area contributed by atoms with Gasteiger partial charge in [-0.1, -0.05) is 12.1 Å². The molecule has 0 saturated heterocycles. The molecule has 118 valence electrons. The molecular weight excluding hydrogens is 298 g/mol. The predicted molar refractivity (Wildman–Crippen MR) is 88.9 cm³/mol. The molecule has 0 aliphatic rings. The van der Waals surface area contributed by atoms with Crippen molar-refractivity contribution in [3.63, 3.8) is 0 Å². The number of rotatable bonds is 8. The van der Waals surface area contributed by atoms with E-state index >= 15 is 0 Å². The highest BCUT2D eigenvalue weighted by Gasteiger charge is 2.22. The molecule has 6 heteroatoms. The van der Waals surface area contributed by atoms with E-state index in [1.54, 1.807) is 30.7 Å². The van der Waals surface area contributed by atoms with Gasteiger partial charge in [-0.05, 0) is 30.5 Å². The first-order valence-corrected chi connectivity index (χ1v) is 8.06. The minimum absolute atomic E-state index is 0.0636. The Labute approximate surface area is 134 Å². The molecule has 1 amide bonds. The first kappa shape index (κ1) is 16.6. The zero-order valence-electron chi connectivity index (χ0n) is 12.9. The molecule has 2 aromatic rings. The fraction of sp³-hybridized carbons (Fsp3) is 0.375. The molecule has 1 atom stereocenters. The number of hydrogen-bond donors (Lipinski definition) is 1. The van der Waals surface area contributed by atoms with Gasteiger partial charge < -0.3 is 10.1 Å². The van der Waals surface area contributed by atoms with E-state index in [2.05, 4.69) is 21.3 Å². The van der Waals surface area contributed by atoms with Gasteiger partial charge in [0, 0.05) is 31.3 Å². The van der Waals surface area contributed by atoms with E-state index in [9.17, 15) is 4.79 Å². The molecule has 0 bridgehead atoms. The van der Waals surface area contributed by atoms with Crippen molar-refractivity contribution in [2.45, 2.75) is 19.5 Å². The third-order valence-corrected chi connectivity index (χ3v) is 4.23. The maximum Gasteiger partial charge on any atom is 0.242 e. The number of carbonyl (C=O) groups is 1. The molecule has 0 saturated carbocycles. The van der Waals surface area contributed by atoms with Crippen molar-refractivity contribution in [1.29, 1.82) is 0 Å². The smallest absolute Gasteiger partial charge is 0.242 e. The number of methoxy groups -OCH3 is 1. The van der Waals surface area contributed by atoms with Gasteiger partial charge in [-0.3, -0.25) is 9.69 Å². The number of nitrogens with zero attached hydrogens (tertiary/aromatic N) is 2. The van der Waals surface area contributed by atoms with E-state index in [1.165, 1.54) is 4.88 Å². The summed E-state index contributed by atoms with van der Waals surface area (Å²) in [5.41, 5.74) is 0. The van der Waals surface area contributed by atoms with Crippen LogP contribution in [0.2, 0.25) is 0 Å². The molecule has 1 unspecified atom stereocenters. The van der Waals surface area contributed by atoms with Crippen LogP contribution in [-0.2, 0) is 16.1 Å². The number of amides is 1. The van der Waals surface area contributed by atoms with E-state index in [1.807, 2.05) is 30.5 Å². The second-order valence-electron chi connectivity index (χ2n) is 4.92. The SMILES string of the molecule is COCCN(Cc1cccs1)C(C)C(=O)Nc1ccccn1. The molecule has 0 spiro atoms. The Morgan fingerprint density at radius 1 is 1.41 bits per heavy atom. The van der Waals surface area contributed by atoms with Crippen molar-refractivity contribution in [2.75, 3.05) is 25.6 Å². The Balaban J connectivity index is 2.00. The van der Waals surface area contributed by atoms with Crippen LogP contribution in [0.1, 0.15) is 11.8 Å². The molecule has 0 aromatic carbocycles. The molecule has 0 fully saturated rings. The van der Waals surface area contributed by atoms with E-state index < -0.39 is 0 Å². The summed E-state index contributed by atoms with van der Waals surface area (Å²) >= 11 is 1.69. The molecular formula is C16H21N3O2S. The normalized spacial score (nSPS) is 12.3. The third kappa shape index (κ3) is 4.91. The molecule has 2 rings (SSSR count). The van der Waals surface area contributed by atoms with Crippen LogP contribution in [0.5, 0.6) is 0 Å². The number of carbonyl (C=O) groups excluding carboxylic acids is 1. The van der Waals surface area contributed by atoms with Gasteiger partial charge >= 0.3 is 0 Å². The molecule has 22 heavy (non-hydrogen) atoms. The van der Waals surface area contributed by atoms with Crippen molar-refractivity contribution >= 4 is 23.1 Å². The predicted octanol–water partition coefficient (Wildman–Crippen LogP) is 2.62. The maximum absolute atomic E-state index is 12.4. The van der Waals surface area contributed by atoms with Gasteiger partial charge in [0.05, 0.1) is 12.6 Å². The average molecular weight is 319 g/mol. The summed E-state index contributed by atoms with van der Waals surface area (Å²) in [6.07, 6.45) is 1.66. The van der Waals surface area contributed by atoms with Gasteiger partial charge in [0.25, 0.3) is 0 Å². The van der Waals surface area contributed by atoms with Crippen molar-refractivity contribution in [3.05, 3.63) is 46.8 Å². The topological polar surface area (TPSA) is 54.5 Å². The molecule has 2 aromatic heterocycles. The van der Waals surface area contributed by atoms with Crippen LogP contribution in [0.4, 0.5) is 5.82 Å². The van der Waals surface area contributed by atoms with Crippen molar-refractivity contribution in [3.8, 4) is 0 Å². The Kier molecular flexibility index (Phi) is 6.51. The average Bonchev–Trinajstić information content (AvgIpc) is 3.04. The van der Waals surface area contributed by atoms with Crippen LogP contribution in [0.15, 0.2) is 41.9 Å². The standard InChI is InChI=1S/C16H21N3O2S/c1-13(16(20)18-15-7-3-4-8-17-15)19(9-10-21-2)12-14-6-5-11-22-14/h3-8,11,13H,9-10,12H2,1-2H3,(H,17,18,20). The fourth-order valence-electron chi connectivity index (χ4n) is 2.05. The molecule has 0 aliphatic heterocycles. The summed E-state index contributed by atoms with van der Waals surface area (Å²) in [6, 6.07) is 9.28. The fourth-order valence-corrected chi connectivity index (χ4v) is 2.78. The second kappa shape index (κ2) is 8.63. The number of nitrogens with one attached hydrogen (secondary N) is 1. The second-order valence-corrected chi connectivity index (χ2v) is 5.96. The Morgan fingerprint density at radius 3 is 2.91 bits per heavy atom. The van der Waals surface area contributed by atoms with Crippen LogP contribution in [0.3, 0.4) is 0 Å². The lowest BCUT2D eigenvalue weighted by atomic mass is 10.2. The maximum atomic E-state index is 12.4. The van der Waals surface area contributed by atoms with Gasteiger partial charge in [0.1, 0.15) is 5.82 Å². The first-order valence-electron chi connectivity index (χ1n) is 7.18. The quantitative estimate of drug-likeness (QED) is 0.812. The lowest BCUT2D eigenvalue weighted by Crippen LogP contribution is -2.43. The molecule has 5 nitrogen and oxygen atoms in total. The highest BCUT2D eigenvalue weighted by molar-refractivity contribution is 7.09. The summed E-state index contributed by atoms with van der Waals surface area (Å²) in [6.45, 7) is 3.93. The molecule has 1 N–H and O–H groups in total. The van der Waals surface area contributed by atoms with Gasteiger partial charge in [-0.2, -0.15) is 0 Å². The zero-order chi connectivity index (χ0) is 15.8. The van der Waals surface area contributed by atoms with Crippen molar-refractivity contribution in [2.24, 2.45) is 0 Å². The van der Waals surface area contributed by atoms with Crippen LogP contribution in [0.25, 0.3) is 0 Å². The van der Waals surface area contributed by atoms with Crippen molar-refractivity contribution < 1.29 is 9.53 Å². The van der Waals surface area contributed by atoms with Gasteiger partial charge in [-0.15, -0.1) is 11.3 Å². The monoisotopic (exact) mass is 319 g/mol. The highest BCUT2D eigenvalue weighted by atomic mass is 32.1. The van der Waals surface area contributed by atoms with Gasteiger partial charge in [0.15, 0.2) is 0 Å². The van der Waals surface area contributed by atoms with E-state index in [0.29, 0.717) is 19.0 Å². The van der Waals surface area contributed by atoms with Crippen LogP contribution >= 0.6 is 11.3 Å². The number of hydrogen-bond acceptors (Lipinski definition) is 5.